The van der Waals surface area contributed by atoms with Crippen LogP contribution in [0.1, 0.15) is 39.5 Å². The van der Waals surface area contributed by atoms with E-state index in [0.717, 1.165) is 56.0 Å². The van der Waals surface area contributed by atoms with Crippen molar-refractivity contribution in [3.63, 3.8) is 0 Å². The number of carbonyl (C=O) groups is 1. The molecule has 0 bridgehead atoms. The van der Waals surface area contributed by atoms with Crippen LogP contribution in [-0.2, 0) is 4.79 Å². The minimum Gasteiger partial charge on any atom is -0.360 e. The molecule has 1 fully saturated rings. The van der Waals surface area contributed by atoms with Crippen LogP contribution in [0.4, 0.5) is 5.69 Å². The number of benzene rings is 1. The van der Waals surface area contributed by atoms with Crippen LogP contribution in [0.3, 0.4) is 0 Å². The molecule has 2 aliphatic heterocycles. The molecule has 1 aromatic rings. The van der Waals surface area contributed by atoms with E-state index in [1.807, 2.05) is 12.1 Å². The highest BCUT2D eigenvalue weighted by Gasteiger charge is 2.31. The third-order valence-electron chi connectivity index (χ3n) is 5.91. The number of amides is 1. The number of likely N-dealkylation sites (tertiary alicyclic amines) is 1. The van der Waals surface area contributed by atoms with Gasteiger partial charge in [-0.15, -0.1) is 6.42 Å². The van der Waals surface area contributed by atoms with Gasteiger partial charge in [-0.3, -0.25) is 4.79 Å². The van der Waals surface area contributed by atoms with Crippen LogP contribution >= 0.6 is 11.6 Å². The van der Waals surface area contributed by atoms with Gasteiger partial charge in [0.05, 0.1) is 12.2 Å². The second-order valence-corrected chi connectivity index (χ2v) is 8.69. The van der Waals surface area contributed by atoms with Crippen LogP contribution in [0, 0.1) is 24.2 Å². The first-order valence-corrected chi connectivity index (χ1v) is 11.0. The van der Waals surface area contributed by atoms with Crippen molar-refractivity contribution in [3.8, 4) is 12.3 Å². The largest absolute Gasteiger partial charge is 0.360 e. The average molecular weight is 424 g/mol. The fourth-order valence-corrected chi connectivity index (χ4v) is 4.31. The van der Waals surface area contributed by atoms with Crippen molar-refractivity contribution in [2.24, 2.45) is 16.8 Å². The van der Waals surface area contributed by atoms with Crippen LogP contribution < -0.4 is 4.90 Å². The minimum atomic E-state index is -0.0416. The van der Waals surface area contributed by atoms with Crippen LogP contribution in [0.2, 0.25) is 5.02 Å². The lowest BCUT2D eigenvalue weighted by molar-refractivity contribution is -0.123. The van der Waals surface area contributed by atoms with Crippen molar-refractivity contribution in [1.29, 1.82) is 0 Å². The summed E-state index contributed by atoms with van der Waals surface area (Å²) in [6, 6.07) is 7.26. The highest BCUT2D eigenvalue weighted by Crippen LogP contribution is 2.27. The summed E-state index contributed by atoms with van der Waals surface area (Å²) in [6.07, 6.45) is 11.4. The molecule has 5 heteroatoms. The average Bonchev–Trinajstić information content (AvgIpc) is 2.74. The standard InChI is InChI=1S/C25H30ClN3O/c1-5-14-29(23-10-8-22(26)9-11-23)25(30)21-12-15-28(16-13-21)24-19(3)7-6-18(2)17-20(4)27-24/h1,8-11,17,19,21H,4,6-7,12-16H2,2-3H3/b18-17-,27-24?. The molecule has 4 nitrogen and oxygen atoms in total. The second-order valence-electron chi connectivity index (χ2n) is 8.26. The van der Waals surface area contributed by atoms with E-state index < -0.39 is 0 Å². The van der Waals surface area contributed by atoms with Crippen LogP contribution in [-0.4, -0.2) is 36.3 Å². The molecule has 1 unspecified atom stereocenters. The number of hydrogen-bond donors (Lipinski definition) is 0. The second kappa shape index (κ2) is 10.00. The van der Waals surface area contributed by atoms with E-state index in [1.54, 1.807) is 17.0 Å². The number of carbonyl (C=O) groups excluding carboxylic acids is 1. The van der Waals surface area contributed by atoms with E-state index in [0.29, 0.717) is 10.9 Å². The van der Waals surface area contributed by atoms with Gasteiger partial charge in [-0.2, -0.15) is 0 Å². The van der Waals surface area contributed by atoms with Crippen LogP contribution in [0.15, 0.2) is 53.2 Å². The lowest BCUT2D eigenvalue weighted by Crippen LogP contribution is -2.46. The molecule has 0 spiro atoms. The summed E-state index contributed by atoms with van der Waals surface area (Å²) in [5.41, 5.74) is 2.94. The summed E-state index contributed by atoms with van der Waals surface area (Å²) in [6.45, 7) is 10.4. The van der Waals surface area contributed by atoms with E-state index in [4.69, 9.17) is 23.0 Å². The summed E-state index contributed by atoms with van der Waals surface area (Å²) < 4.78 is 0. The zero-order valence-electron chi connectivity index (χ0n) is 17.9. The third-order valence-corrected chi connectivity index (χ3v) is 6.16. The predicted octanol–water partition coefficient (Wildman–Crippen LogP) is 5.31. The van der Waals surface area contributed by atoms with Crippen LogP contribution in [0.25, 0.3) is 0 Å². The van der Waals surface area contributed by atoms with Crippen molar-refractivity contribution in [2.75, 3.05) is 24.5 Å². The van der Waals surface area contributed by atoms with Gasteiger partial charge in [0.15, 0.2) is 0 Å². The van der Waals surface area contributed by atoms with Gasteiger partial charge in [0.2, 0.25) is 5.91 Å². The Kier molecular flexibility index (Phi) is 7.39. The predicted molar refractivity (Wildman–Crippen MR) is 126 cm³/mol. The summed E-state index contributed by atoms with van der Waals surface area (Å²) in [5.74, 6) is 4.15. The van der Waals surface area contributed by atoms with E-state index >= 15 is 0 Å². The van der Waals surface area contributed by atoms with Gasteiger partial charge in [0, 0.05) is 35.6 Å². The Bertz CT molecular complexity index is 886. The highest BCUT2D eigenvalue weighted by molar-refractivity contribution is 6.30. The maximum atomic E-state index is 13.2. The lowest BCUT2D eigenvalue weighted by atomic mass is 9.92. The van der Waals surface area contributed by atoms with Crippen molar-refractivity contribution in [3.05, 3.63) is 53.2 Å². The van der Waals surface area contributed by atoms with Gasteiger partial charge in [0.1, 0.15) is 5.84 Å². The molecule has 0 N–H and O–H groups in total. The number of anilines is 1. The molecule has 2 heterocycles. The first kappa shape index (κ1) is 22.2. The Morgan fingerprint density at radius 1 is 1.30 bits per heavy atom. The first-order valence-electron chi connectivity index (χ1n) is 10.6. The topological polar surface area (TPSA) is 35.9 Å². The van der Waals surface area contributed by atoms with E-state index in [-0.39, 0.29) is 18.4 Å². The fraction of sp³-hybridized carbons (Fsp3) is 0.440. The molecule has 0 aliphatic carbocycles. The Morgan fingerprint density at radius 2 is 1.97 bits per heavy atom. The number of allylic oxidation sites excluding steroid dienone is 2. The van der Waals surface area contributed by atoms with E-state index in [1.165, 1.54) is 5.57 Å². The number of halogens is 1. The zero-order valence-corrected chi connectivity index (χ0v) is 18.7. The summed E-state index contributed by atoms with van der Waals surface area (Å²) in [5, 5.41) is 0.640. The Morgan fingerprint density at radius 3 is 2.60 bits per heavy atom. The van der Waals surface area contributed by atoms with E-state index in [9.17, 15) is 4.79 Å². The molecule has 0 saturated carbocycles. The smallest absolute Gasteiger partial charge is 0.231 e. The number of piperidine rings is 1. The molecule has 0 radical (unpaired) electrons. The third kappa shape index (κ3) is 5.34. The van der Waals surface area contributed by atoms with Crippen molar-refractivity contribution < 1.29 is 4.79 Å². The summed E-state index contributed by atoms with van der Waals surface area (Å²) in [4.78, 5) is 22.1. The molecule has 3 rings (SSSR count). The molecule has 158 valence electrons. The van der Waals surface area contributed by atoms with Crippen molar-refractivity contribution >= 4 is 29.0 Å². The van der Waals surface area contributed by atoms with Crippen molar-refractivity contribution in [2.45, 2.75) is 39.5 Å². The van der Waals surface area contributed by atoms with Gasteiger partial charge in [-0.25, -0.2) is 4.99 Å². The van der Waals surface area contributed by atoms with Crippen molar-refractivity contribution in [1.82, 2.24) is 4.90 Å². The number of rotatable bonds is 3. The van der Waals surface area contributed by atoms with Gasteiger partial charge in [-0.1, -0.05) is 36.6 Å². The minimum absolute atomic E-state index is 0.0416. The normalized spacial score (nSPS) is 22.3. The zero-order chi connectivity index (χ0) is 21.7. The quantitative estimate of drug-likeness (QED) is 0.618. The summed E-state index contributed by atoms with van der Waals surface area (Å²) >= 11 is 5.99. The molecule has 1 amide bonds. The molecule has 0 aromatic heterocycles. The van der Waals surface area contributed by atoms with Gasteiger partial charge < -0.3 is 9.80 Å². The fourth-order valence-electron chi connectivity index (χ4n) is 4.19. The van der Waals surface area contributed by atoms with Crippen LogP contribution in [0.5, 0.6) is 0 Å². The molecule has 1 atom stereocenters. The molecule has 1 aromatic carbocycles. The number of aliphatic imine (C=N–C) groups is 1. The lowest BCUT2D eigenvalue weighted by Gasteiger charge is -2.37. The maximum absolute atomic E-state index is 13.2. The van der Waals surface area contributed by atoms with E-state index in [2.05, 4.69) is 37.3 Å². The molecule has 1 saturated heterocycles. The Labute approximate surface area is 185 Å². The summed E-state index contributed by atoms with van der Waals surface area (Å²) in [7, 11) is 0. The Balaban J connectivity index is 1.69. The maximum Gasteiger partial charge on any atom is 0.231 e. The first-order chi connectivity index (χ1) is 14.4. The number of nitrogens with zero attached hydrogens (tertiary/aromatic N) is 3. The molecular formula is C25H30ClN3O. The molecule has 2 aliphatic rings. The monoisotopic (exact) mass is 423 g/mol. The molecular weight excluding hydrogens is 394 g/mol. The van der Waals surface area contributed by atoms with Gasteiger partial charge in [-0.05, 0) is 62.9 Å². The highest BCUT2D eigenvalue weighted by atomic mass is 35.5. The number of amidine groups is 1. The van der Waals surface area contributed by atoms with Gasteiger partial charge in [0.25, 0.3) is 0 Å². The number of terminal acetylenes is 1. The number of hydrogen-bond acceptors (Lipinski definition) is 3. The Hall–Kier alpha value is -2.51. The SMILES string of the molecule is C#CCN(C(=O)C1CCN(C2=NC(=C)/C=C(/C)CCC2C)CC1)c1ccc(Cl)cc1. The molecule has 30 heavy (non-hydrogen) atoms. The van der Waals surface area contributed by atoms with Gasteiger partial charge >= 0.3 is 0 Å².